The summed E-state index contributed by atoms with van der Waals surface area (Å²) in [5.41, 5.74) is 1.81. The Kier molecular flexibility index (Phi) is 2.75. The summed E-state index contributed by atoms with van der Waals surface area (Å²) >= 11 is 6.14. The highest BCUT2D eigenvalue weighted by Crippen LogP contribution is 2.25. The number of benzene rings is 1. The van der Waals surface area contributed by atoms with E-state index in [1.165, 1.54) is 5.56 Å². The van der Waals surface area contributed by atoms with Crippen molar-refractivity contribution in [2.75, 3.05) is 13.1 Å². The largest absolute Gasteiger partial charge is 0.388 e. The van der Waals surface area contributed by atoms with E-state index >= 15 is 0 Å². The minimum Gasteiger partial charge on any atom is -0.388 e. The number of rotatable bonds is 2. The number of nitrogens with zero attached hydrogens (tertiary/aromatic N) is 1. The van der Waals surface area contributed by atoms with Crippen molar-refractivity contribution in [2.24, 2.45) is 0 Å². The lowest BCUT2D eigenvalue weighted by atomic mass is 9.96. The van der Waals surface area contributed by atoms with E-state index in [0.29, 0.717) is 0 Å². The third-order valence-corrected chi connectivity index (χ3v) is 3.08. The summed E-state index contributed by atoms with van der Waals surface area (Å²) in [6.07, 6.45) is 0. The third kappa shape index (κ3) is 2.51. The van der Waals surface area contributed by atoms with Crippen LogP contribution in [-0.2, 0) is 6.54 Å². The Morgan fingerprint density at radius 2 is 2.13 bits per heavy atom. The van der Waals surface area contributed by atoms with Crippen LogP contribution in [0.5, 0.6) is 0 Å². The van der Waals surface area contributed by atoms with Gasteiger partial charge >= 0.3 is 0 Å². The summed E-state index contributed by atoms with van der Waals surface area (Å²) in [4.78, 5) is 2.19. The second-order valence-electron chi connectivity index (χ2n) is 4.74. The topological polar surface area (TPSA) is 23.5 Å². The molecule has 1 aliphatic heterocycles. The molecule has 0 aliphatic carbocycles. The van der Waals surface area contributed by atoms with Crippen LogP contribution in [0.2, 0.25) is 5.02 Å². The Hall–Kier alpha value is -0.570. The molecule has 0 amide bonds. The van der Waals surface area contributed by atoms with Gasteiger partial charge in [-0.1, -0.05) is 23.7 Å². The predicted molar refractivity (Wildman–Crippen MR) is 62.1 cm³/mol. The molecule has 1 aliphatic rings. The van der Waals surface area contributed by atoms with E-state index in [-0.39, 0.29) is 0 Å². The smallest absolute Gasteiger partial charge is 0.0872 e. The molecule has 3 heteroatoms. The van der Waals surface area contributed by atoms with Crippen molar-refractivity contribution in [3.05, 3.63) is 34.3 Å². The fraction of sp³-hybridized carbons (Fsp3) is 0.500. The molecular weight excluding hydrogens is 210 g/mol. The van der Waals surface area contributed by atoms with Crippen molar-refractivity contribution in [1.82, 2.24) is 4.90 Å². The molecule has 1 aromatic carbocycles. The molecule has 0 saturated carbocycles. The molecule has 1 N–H and O–H groups in total. The number of β-amino-alcohol motifs (C(OH)–C–C–N with tert-alkyl or cyclic N) is 1. The van der Waals surface area contributed by atoms with E-state index in [0.717, 1.165) is 30.2 Å². The maximum absolute atomic E-state index is 9.60. The first kappa shape index (κ1) is 10.9. The molecule has 1 heterocycles. The fourth-order valence-electron chi connectivity index (χ4n) is 2.05. The average molecular weight is 226 g/mol. The monoisotopic (exact) mass is 225 g/mol. The Morgan fingerprint density at radius 1 is 1.47 bits per heavy atom. The zero-order chi connectivity index (χ0) is 11.1. The third-order valence-electron chi connectivity index (χ3n) is 2.73. The molecule has 0 aromatic heterocycles. The molecule has 0 atom stereocenters. The van der Waals surface area contributed by atoms with Gasteiger partial charge in [-0.2, -0.15) is 0 Å². The molecule has 0 radical (unpaired) electrons. The minimum absolute atomic E-state index is 0.503. The van der Waals surface area contributed by atoms with Crippen LogP contribution in [0.3, 0.4) is 0 Å². The van der Waals surface area contributed by atoms with Crippen molar-refractivity contribution < 1.29 is 5.11 Å². The summed E-state index contributed by atoms with van der Waals surface area (Å²) in [5, 5.41) is 10.4. The molecule has 15 heavy (non-hydrogen) atoms. The lowest BCUT2D eigenvalue weighted by Gasteiger charge is -2.44. The SMILES string of the molecule is Cc1ccc(CN2CC(C)(O)C2)c(Cl)c1. The fourth-order valence-corrected chi connectivity index (χ4v) is 2.35. The number of aryl methyl sites for hydroxylation is 1. The molecule has 1 aromatic rings. The summed E-state index contributed by atoms with van der Waals surface area (Å²) in [6, 6.07) is 6.11. The lowest BCUT2D eigenvalue weighted by Crippen LogP contribution is -2.59. The highest BCUT2D eigenvalue weighted by atomic mass is 35.5. The van der Waals surface area contributed by atoms with Crippen LogP contribution in [0.4, 0.5) is 0 Å². The molecule has 82 valence electrons. The molecular formula is C12H16ClNO. The normalized spacial score (nSPS) is 20.0. The van der Waals surface area contributed by atoms with E-state index < -0.39 is 5.60 Å². The first-order chi connectivity index (χ1) is 6.96. The maximum Gasteiger partial charge on any atom is 0.0872 e. The van der Waals surface area contributed by atoms with Crippen LogP contribution in [0, 0.1) is 6.92 Å². The molecule has 2 rings (SSSR count). The number of aliphatic hydroxyl groups is 1. The number of hydrogen-bond donors (Lipinski definition) is 1. The van der Waals surface area contributed by atoms with E-state index in [2.05, 4.69) is 17.0 Å². The number of halogens is 1. The zero-order valence-corrected chi connectivity index (χ0v) is 9.88. The average Bonchev–Trinajstić information content (AvgIpc) is 2.06. The summed E-state index contributed by atoms with van der Waals surface area (Å²) in [5.74, 6) is 0. The van der Waals surface area contributed by atoms with Gasteiger partial charge in [0.1, 0.15) is 0 Å². The second kappa shape index (κ2) is 3.78. The van der Waals surface area contributed by atoms with Gasteiger partial charge < -0.3 is 5.11 Å². The van der Waals surface area contributed by atoms with E-state index in [1.807, 2.05) is 19.9 Å². The van der Waals surface area contributed by atoms with E-state index in [1.54, 1.807) is 0 Å². The van der Waals surface area contributed by atoms with Gasteiger partial charge in [0.15, 0.2) is 0 Å². The Balaban J connectivity index is 2.00. The van der Waals surface area contributed by atoms with Gasteiger partial charge in [0.2, 0.25) is 0 Å². The second-order valence-corrected chi connectivity index (χ2v) is 5.14. The predicted octanol–water partition coefficient (Wildman–Crippen LogP) is 2.22. The Bertz CT molecular complexity index is 368. The van der Waals surface area contributed by atoms with Gasteiger partial charge in [-0.15, -0.1) is 0 Å². The highest BCUT2D eigenvalue weighted by Gasteiger charge is 2.36. The minimum atomic E-state index is -0.503. The molecule has 2 nitrogen and oxygen atoms in total. The quantitative estimate of drug-likeness (QED) is 0.835. The van der Waals surface area contributed by atoms with Crippen molar-refractivity contribution in [1.29, 1.82) is 0 Å². The van der Waals surface area contributed by atoms with Crippen molar-refractivity contribution in [3.63, 3.8) is 0 Å². The van der Waals surface area contributed by atoms with Crippen molar-refractivity contribution in [2.45, 2.75) is 26.0 Å². The van der Waals surface area contributed by atoms with Crippen molar-refractivity contribution >= 4 is 11.6 Å². The molecule has 1 saturated heterocycles. The van der Waals surface area contributed by atoms with Gasteiger partial charge in [0.05, 0.1) is 5.60 Å². The molecule has 0 bridgehead atoms. The maximum atomic E-state index is 9.60. The summed E-state index contributed by atoms with van der Waals surface area (Å²) < 4.78 is 0. The van der Waals surface area contributed by atoms with Crippen LogP contribution < -0.4 is 0 Å². The summed E-state index contributed by atoms with van der Waals surface area (Å²) in [6.45, 7) is 6.19. The van der Waals surface area contributed by atoms with E-state index in [9.17, 15) is 5.11 Å². The van der Waals surface area contributed by atoms with Crippen LogP contribution in [-0.4, -0.2) is 28.7 Å². The Morgan fingerprint density at radius 3 is 2.67 bits per heavy atom. The van der Waals surface area contributed by atoms with Gasteiger partial charge in [0, 0.05) is 24.7 Å². The van der Waals surface area contributed by atoms with Crippen molar-refractivity contribution in [3.8, 4) is 0 Å². The van der Waals surface area contributed by atoms with Gasteiger partial charge in [0.25, 0.3) is 0 Å². The lowest BCUT2D eigenvalue weighted by molar-refractivity contribution is -0.0871. The Labute approximate surface area is 95.5 Å². The highest BCUT2D eigenvalue weighted by molar-refractivity contribution is 6.31. The number of hydrogen-bond acceptors (Lipinski definition) is 2. The first-order valence-corrected chi connectivity index (χ1v) is 5.54. The number of likely N-dealkylation sites (tertiary alicyclic amines) is 1. The van der Waals surface area contributed by atoms with Gasteiger partial charge in [-0.3, -0.25) is 4.90 Å². The van der Waals surface area contributed by atoms with Crippen LogP contribution in [0.25, 0.3) is 0 Å². The van der Waals surface area contributed by atoms with Gasteiger partial charge in [-0.05, 0) is 31.0 Å². The van der Waals surface area contributed by atoms with E-state index in [4.69, 9.17) is 11.6 Å². The van der Waals surface area contributed by atoms with Crippen LogP contribution in [0.1, 0.15) is 18.1 Å². The summed E-state index contributed by atoms with van der Waals surface area (Å²) in [7, 11) is 0. The zero-order valence-electron chi connectivity index (χ0n) is 9.13. The molecule has 0 spiro atoms. The molecule has 1 fully saturated rings. The van der Waals surface area contributed by atoms with Crippen LogP contribution in [0.15, 0.2) is 18.2 Å². The van der Waals surface area contributed by atoms with Crippen LogP contribution >= 0.6 is 11.6 Å². The first-order valence-electron chi connectivity index (χ1n) is 5.16. The molecule has 0 unspecified atom stereocenters. The standard InChI is InChI=1S/C12H16ClNO/c1-9-3-4-10(11(13)5-9)6-14-7-12(2,15)8-14/h3-5,15H,6-8H2,1-2H3. The van der Waals surface area contributed by atoms with Gasteiger partial charge in [-0.25, -0.2) is 0 Å².